The van der Waals surface area contributed by atoms with Gasteiger partial charge in [0, 0.05) is 22.6 Å². The van der Waals surface area contributed by atoms with E-state index in [1.54, 1.807) is 12.1 Å². The van der Waals surface area contributed by atoms with E-state index in [0.717, 1.165) is 0 Å². The molecule has 2 rings (SSSR count). The monoisotopic (exact) mass is 226 g/mol. The first-order chi connectivity index (χ1) is 7.18. The van der Waals surface area contributed by atoms with Crippen molar-refractivity contribution in [3.05, 3.63) is 46.4 Å². The molecule has 0 unspecified atom stereocenters. The van der Waals surface area contributed by atoms with E-state index in [1.165, 1.54) is 12.3 Å². The number of hydrogen-bond acceptors (Lipinski definition) is 3. The molecule has 0 saturated carbocycles. The van der Waals surface area contributed by atoms with Crippen molar-refractivity contribution < 1.29 is 8.91 Å². The number of benzene rings is 1. The predicted molar refractivity (Wildman–Crippen MR) is 55.1 cm³/mol. The number of aromatic nitrogens is 1. The van der Waals surface area contributed by atoms with E-state index in [4.69, 9.17) is 17.3 Å². The second-order valence-electron chi connectivity index (χ2n) is 3.09. The number of halogens is 2. The van der Waals surface area contributed by atoms with Gasteiger partial charge in [0.05, 0.1) is 6.20 Å². The molecule has 78 valence electrons. The van der Waals surface area contributed by atoms with Gasteiger partial charge in [-0.25, -0.2) is 4.39 Å². The molecule has 0 radical (unpaired) electrons. The van der Waals surface area contributed by atoms with Crippen molar-refractivity contribution in [2.24, 2.45) is 0 Å². The molecule has 0 aliphatic carbocycles. The molecule has 2 N–H and O–H groups in total. The average Bonchev–Trinajstić information content (AvgIpc) is 2.58. The summed E-state index contributed by atoms with van der Waals surface area (Å²) < 4.78 is 18.1. The largest absolute Gasteiger partial charge is 0.367 e. The molecule has 1 heterocycles. The Balaban J connectivity index is 2.36. The Morgan fingerprint density at radius 2 is 2.27 bits per heavy atom. The third kappa shape index (κ3) is 1.94. The molecule has 2 aromatic rings. The summed E-state index contributed by atoms with van der Waals surface area (Å²) in [6.07, 6.45) is 1.74. The van der Waals surface area contributed by atoms with Gasteiger partial charge in [-0.3, -0.25) is 0 Å². The van der Waals surface area contributed by atoms with Crippen molar-refractivity contribution in [1.82, 2.24) is 5.16 Å². The van der Waals surface area contributed by atoms with E-state index in [9.17, 15) is 4.39 Å². The molecule has 0 aliphatic heterocycles. The number of anilines is 1. The van der Waals surface area contributed by atoms with Gasteiger partial charge in [0.15, 0.2) is 0 Å². The van der Waals surface area contributed by atoms with E-state index >= 15 is 0 Å². The lowest BCUT2D eigenvalue weighted by Gasteiger charge is -2.03. The SMILES string of the molecule is Nc1oncc1Cc1c(F)cccc1Cl. The Kier molecular flexibility index (Phi) is 2.60. The molecule has 0 atom stereocenters. The summed E-state index contributed by atoms with van der Waals surface area (Å²) in [4.78, 5) is 0. The fourth-order valence-corrected chi connectivity index (χ4v) is 1.52. The number of nitrogens with zero attached hydrogens (tertiary/aromatic N) is 1. The van der Waals surface area contributed by atoms with Crippen LogP contribution < -0.4 is 5.73 Å². The van der Waals surface area contributed by atoms with Crippen molar-refractivity contribution >= 4 is 17.5 Å². The Hall–Kier alpha value is -1.55. The smallest absolute Gasteiger partial charge is 0.225 e. The lowest BCUT2D eigenvalue weighted by Crippen LogP contribution is -1.95. The summed E-state index contributed by atoms with van der Waals surface area (Å²) in [6, 6.07) is 4.53. The average molecular weight is 227 g/mol. The van der Waals surface area contributed by atoms with Crippen LogP contribution in [0.2, 0.25) is 5.02 Å². The fourth-order valence-electron chi connectivity index (χ4n) is 1.29. The highest BCUT2D eigenvalue weighted by molar-refractivity contribution is 6.31. The Morgan fingerprint density at radius 3 is 2.87 bits per heavy atom. The minimum absolute atomic E-state index is 0.189. The van der Waals surface area contributed by atoms with Crippen molar-refractivity contribution in [3.63, 3.8) is 0 Å². The lowest BCUT2D eigenvalue weighted by molar-refractivity contribution is 0.436. The van der Waals surface area contributed by atoms with E-state index in [2.05, 4.69) is 9.68 Å². The highest BCUT2D eigenvalue weighted by Crippen LogP contribution is 2.24. The first-order valence-corrected chi connectivity index (χ1v) is 4.68. The van der Waals surface area contributed by atoms with Crippen molar-refractivity contribution in [1.29, 1.82) is 0 Å². The molecule has 5 heteroatoms. The highest BCUT2D eigenvalue weighted by atomic mass is 35.5. The van der Waals surface area contributed by atoms with Crippen molar-refractivity contribution in [2.75, 3.05) is 5.73 Å². The number of nitrogen functional groups attached to an aromatic ring is 1. The quantitative estimate of drug-likeness (QED) is 0.857. The maximum Gasteiger partial charge on any atom is 0.225 e. The lowest BCUT2D eigenvalue weighted by atomic mass is 10.1. The van der Waals surface area contributed by atoms with Gasteiger partial charge in [0.25, 0.3) is 0 Å². The van der Waals surface area contributed by atoms with Gasteiger partial charge in [-0.2, -0.15) is 0 Å². The van der Waals surface area contributed by atoms with Gasteiger partial charge in [0.2, 0.25) is 5.88 Å². The number of nitrogens with two attached hydrogens (primary N) is 1. The summed E-state index contributed by atoms with van der Waals surface area (Å²) in [6.45, 7) is 0. The number of hydrogen-bond donors (Lipinski definition) is 1. The molecular weight excluding hydrogens is 219 g/mol. The third-order valence-electron chi connectivity index (χ3n) is 2.10. The third-order valence-corrected chi connectivity index (χ3v) is 2.46. The Labute approximate surface area is 90.6 Å². The van der Waals surface area contributed by atoms with Gasteiger partial charge in [-0.15, -0.1) is 0 Å². The first kappa shape index (κ1) is 9.98. The molecule has 0 spiro atoms. The molecule has 0 saturated heterocycles. The normalized spacial score (nSPS) is 10.5. The first-order valence-electron chi connectivity index (χ1n) is 4.30. The molecule has 0 bridgehead atoms. The second kappa shape index (κ2) is 3.90. The molecule has 3 nitrogen and oxygen atoms in total. The van der Waals surface area contributed by atoms with E-state index < -0.39 is 0 Å². The minimum atomic E-state index is -0.358. The van der Waals surface area contributed by atoms with Crippen molar-refractivity contribution in [2.45, 2.75) is 6.42 Å². The molecule has 0 amide bonds. The van der Waals surface area contributed by atoms with Crippen LogP contribution in [0, 0.1) is 5.82 Å². The minimum Gasteiger partial charge on any atom is -0.367 e. The Bertz CT molecular complexity index is 464. The maximum absolute atomic E-state index is 13.4. The van der Waals surface area contributed by atoms with Crippen LogP contribution in [-0.2, 0) is 6.42 Å². The van der Waals surface area contributed by atoms with Gasteiger partial charge in [-0.1, -0.05) is 22.8 Å². The molecular formula is C10H8ClFN2O. The molecule has 1 aromatic carbocycles. The van der Waals surface area contributed by atoms with E-state index in [0.29, 0.717) is 16.1 Å². The Morgan fingerprint density at radius 1 is 1.47 bits per heavy atom. The molecule has 15 heavy (non-hydrogen) atoms. The van der Waals surface area contributed by atoms with E-state index in [-0.39, 0.29) is 18.1 Å². The van der Waals surface area contributed by atoms with Crippen LogP contribution in [-0.4, -0.2) is 5.16 Å². The van der Waals surface area contributed by atoms with Crippen LogP contribution in [0.1, 0.15) is 11.1 Å². The van der Waals surface area contributed by atoms with Gasteiger partial charge >= 0.3 is 0 Å². The van der Waals surface area contributed by atoms with Crippen LogP contribution in [0.4, 0.5) is 10.3 Å². The zero-order chi connectivity index (χ0) is 10.8. The standard InChI is InChI=1S/C10H8ClFN2O/c11-8-2-1-3-9(12)7(8)4-6-5-14-15-10(6)13/h1-3,5H,4,13H2. The van der Waals surface area contributed by atoms with E-state index in [1.807, 2.05) is 0 Å². The zero-order valence-electron chi connectivity index (χ0n) is 7.71. The predicted octanol–water partition coefficient (Wildman–Crippen LogP) is 2.64. The van der Waals surface area contributed by atoms with Crippen molar-refractivity contribution in [3.8, 4) is 0 Å². The van der Waals surface area contributed by atoms with Crippen LogP contribution in [0.25, 0.3) is 0 Å². The maximum atomic E-state index is 13.4. The summed E-state index contributed by atoms with van der Waals surface area (Å²) in [7, 11) is 0. The molecule has 0 aliphatic rings. The van der Waals surface area contributed by atoms with Crippen LogP contribution in [0.3, 0.4) is 0 Å². The highest BCUT2D eigenvalue weighted by Gasteiger charge is 2.11. The second-order valence-corrected chi connectivity index (χ2v) is 3.50. The van der Waals surface area contributed by atoms with Gasteiger partial charge < -0.3 is 10.3 Å². The van der Waals surface area contributed by atoms with Crippen LogP contribution >= 0.6 is 11.6 Å². The summed E-state index contributed by atoms with van der Waals surface area (Å²) >= 11 is 5.87. The summed E-state index contributed by atoms with van der Waals surface area (Å²) in [5, 5.41) is 3.88. The summed E-state index contributed by atoms with van der Waals surface area (Å²) in [5.74, 6) is -0.169. The molecule has 0 fully saturated rings. The van der Waals surface area contributed by atoms with Gasteiger partial charge in [0.1, 0.15) is 5.82 Å². The van der Waals surface area contributed by atoms with Crippen LogP contribution in [0.15, 0.2) is 28.9 Å². The van der Waals surface area contributed by atoms with Crippen LogP contribution in [0.5, 0.6) is 0 Å². The zero-order valence-corrected chi connectivity index (χ0v) is 8.46. The summed E-state index contributed by atoms with van der Waals surface area (Å²) in [5.41, 5.74) is 6.52. The van der Waals surface area contributed by atoms with Gasteiger partial charge in [-0.05, 0) is 12.1 Å². The fraction of sp³-hybridized carbons (Fsp3) is 0.100. The number of rotatable bonds is 2. The molecule has 1 aromatic heterocycles. The topological polar surface area (TPSA) is 52.0 Å².